The first-order chi connectivity index (χ1) is 8.99. The van der Waals surface area contributed by atoms with Crippen molar-refractivity contribution in [2.45, 2.75) is 0 Å². The van der Waals surface area contributed by atoms with Crippen LogP contribution in [0.5, 0.6) is 0 Å². The maximum Gasteiger partial charge on any atom is 0.356 e. The summed E-state index contributed by atoms with van der Waals surface area (Å²) in [5, 5.41) is 19.6. The summed E-state index contributed by atoms with van der Waals surface area (Å²) < 4.78 is 0.678. The van der Waals surface area contributed by atoms with Crippen LogP contribution in [0.3, 0.4) is 0 Å². The van der Waals surface area contributed by atoms with Gasteiger partial charge in [0, 0.05) is 4.47 Å². The lowest BCUT2D eigenvalue weighted by Gasteiger charge is -2.09. The second kappa shape index (κ2) is 5.73. The molecule has 0 amide bonds. The van der Waals surface area contributed by atoms with Gasteiger partial charge in [-0.05, 0) is 40.2 Å². The van der Waals surface area contributed by atoms with Crippen molar-refractivity contribution in [1.29, 1.82) is 0 Å². The minimum absolute atomic E-state index is 0.134. The number of nitrogens with zero attached hydrogens (tertiary/aromatic N) is 2. The first-order valence-corrected chi connectivity index (χ1v) is 6.51. The van der Waals surface area contributed by atoms with Gasteiger partial charge < -0.3 is 10.4 Å². The molecule has 2 aromatic rings. The van der Waals surface area contributed by atoms with Crippen molar-refractivity contribution in [2.75, 3.05) is 5.32 Å². The second-order valence-electron chi connectivity index (χ2n) is 3.46. The second-order valence-corrected chi connectivity index (χ2v) is 5.07. The molecule has 1 aromatic carbocycles. The Kier molecular flexibility index (Phi) is 4.24. The van der Waals surface area contributed by atoms with E-state index in [1.807, 2.05) is 0 Å². The fourth-order valence-corrected chi connectivity index (χ4v) is 2.09. The summed E-state index contributed by atoms with van der Waals surface area (Å²) in [5.74, 6) is -0.769. The van der Waals surface area contributed by atoms with Crippen LogP contribution in [0.15, 0.2) is 28.7 Å². The molecule has 0 bridgehead atoms. The summed E-state index contributed by atoms with van der Waals surface area (Å²) in [5.41, 5.74) is 0.415. The molecule has 0 saturated carbocycles. The molecule has 0 saturated heterocycles. The number of aromatic nitrogens is 2. The van der Waals surface area contributed by atoms with Gasteiger partial charge in [0.15, 0.2) is 11.5 Å². The van der Waals surface area contributed by atoms with Crippen LogP contribution in [0.4, 0.5) is 11.5 Å². The summed E-state index contributed by atoms with van der Waals surface area (Å²) in [6.45, 7) is 0. The normalized spacial score (nSPS) is 10.3. The highest BCUT2D eigenvalue weighted by atomic mass is 79.9. The maximum atomic E-state index is 10.6. The molecule has 1 aromatic heterocycles. The molecule has 2 rings (SSSR count). The molecule has 0 spiro atoms. The Morgan fingerprint density at radius 1 is 1.16 bits per heavy atom. The van der Waals surface area contributed by atoms with Crippen LogP contribution in [0, 0.1) is 0 Å². The quantitative estimate of drug-likeness (QED) is 0.807. The van der Waals surface area contributed by atoms with Crippen LogP contribution < -0.4 is 5.32 Å². The highest BCUT2D eigenvalue weighted by molar-refractivity contribution is 9.10. The number of carbonyl (C=O) groups is 1. The minimum atomic E-state index is -1.14. The van der Waals surface area contributed by atoms with Crippen LogP contribution >= 0.6 is 39.1 Å². The number of hydrogen-bond donors (Lipinski definition) is 2. The number of carboxylic acid groups (broad SMARTS) is 1. The molecule has 0 unspecified atom stereocenters. The first kappa shape index (κ1) is 14.0. The highest BCUT2D eigenvalue weighted by Crippen LogP contribution is 2.36. The monoisotopic (exact) mass is 361 g/mol. The van der Waals surface area contributed by atoms with E-state index in [1.54, 1.807) is 12.1 Å². The van der Waals surface area contributed by atoms with Crippen molar-refractivity contribution < 1.29 is 9.90 Å². The molecule has 0 atom stereocenters. The lowest BCUT2D eigenvalue weighted by Crippen LogP contribution is -2.03. The number of anilines is 2. The van der Waals surface area contributed by atoms with Gasteiger partial charge in [-0.1, -0.05) is 23.2 Å². The Morgan fingerprint density at radius 2 is 1.89 bits per heavy atom. The average molecular weight is 363 g/mol. The number of carboxylic acids is 1. The maximum absolute atomic E-state index is 10.6. The smallest absolute Gasteiger partial charge is 0.356 e. The lowest BCUT2D eigenvalue weighted by atomic mass is 10.3. The highest BCUT2D eigenvalue weighted by Gasteiger charge is 2.10. The number of benzene rings is 1. The van der Waals surface area contributed by atoms with Crippen LogP contribution in [0.2, 0.25) is 10.0 Å². The van der Waals surface area contributed by atoms with E-state index < -0.39 is 5.97 Å². The van der Waals surface area contributed by atoms with E-state index in [0.717, 1.165) is 0 Å². The van der Waals surface area contributed by atoms with Crippen LogP contribution in [-0.4, -0.2) is 21.3 Å². The van der Waals surface area contributed by atoms with Gasteiger partial charge in [0.1, 0.15) is 0 Å². The van der Waals surface area contributed by atoms with E-state index in [0.29, 0.717) is 26.0 Å². The van der Waals surface area contributed by atoms with Gasteiger partial charge >= 0.3 is 5.97 Å². The topological polar surface area (TPSA) is 75.1 Å². The molecule has 0 aliphatic carbocycles. The number of hydrogen-bond acceptors (Lipinski definition) is 4. The Hall–Kier alpha value is -1.37. The van der Waals surface area contributed by atoms with Crippen molar-refractivity contribution in [3.05, 3.63) is 44.5 Å². The van der Waals surface area contributed by atoms with E-state index in [-0.39, 0.29) is 5.69 Å². The zero-order valence-corrected chi connectivity index (χ0v) is 12.3. The molecule has 5 nitrogen and oxygen atoms in total. The SMILES string of the molecule is O=C(O)c1ccc(Nc2ccc(Br)c(Cl)c2Cl)nn1. The summed E-state index contributed by atoms with van der Waals surface area (Å²) in [6, 6.07) is 6.27. The molecule has 98 valence electrons. The number of rotatable bonds is 3. The predicted molar refractivity (Wildman–Crippen MR) is 76.4 cm³/mol. The zero-order valence-electron chi connectivity index (χ0n) is 9.19. The molecule has 0 fully saturated rings. The zero-order chi connectivity index (χ0) is 14.0. The first-order valence-electron chi connectivity index (χ1n) is 4.96. The van der Waals surface area contributed by atoms with Crippen LogP contribution in [0.25, 0.3) is 0 Å². The third-order valence-electron chi connectivity index (χ3n) is 2.18. The predicted octanol–water partition coefficient (Wildman–Crippen LogP) is 3.99. The van der Waals surface area contributed by atoms with E-state index in [2.05, 4.69) is 31.4 Å². The molecule has 0 radical (unpaired) electrons. The summed E-state index contributed by atoms with van der Waals surface area (Å²) in [7, 11) is 0. The Morgan fingerprint density at radius 3 is 2.47 bits per heavy atom. The van der Waals surface area contributed by atoms with Gasteiger partial charge in [-0.15, -0.1) is 10.2 Å². The Balaban J connectivity index is 2.26. The largest absolute Gasteiger partial charge is 0.476 e. The van der Waals surface area contributed by atoms with Crippen molar-refractivity contribution in [3.63, 3.8) is 0 Å². The van der Waals surface area contributed by atoms with E-state index in [9.17, 15) is 4.79 Å². The molecular weight excluding hydrogens is 357 g/mol. The minimum Gasteiger partial charge on any atom is -0.476 e. The third kappa shape index (κ3) is 3.15. The van der Waals surface area contributed by atoms with E-state index >= 15 is 0 Å². The van der Waals surface area contributed by atoms with Crippen molar-refractivity contribution >= 4 is 56.6 Å². The average Bonchev–Trinajstić information content (AvgIpc) is 2.40. The summed E-state index contributed by atoms with van der Waals surface area (Å²) >= 11 is 15.3. The number of nitrogens with one attached hydrogen (secondary N) is 1. The van der Waals surface area contributed by atoms with Crippen molar-refractivity contribution in [1.82, 2.24) is 10.2 Å². The lowest BCUT2D eigenvalue weighted by molar-refractivity contribution is 0.0689. The molecule has 2 N–H and O–H groups in total. The molecular formula is C11H6BrCl2N3O2. The Labute approximate surface area is 126 Å². The van der Waals surface area contributed by atoms with E-state index in [4.69, 9.17) is 28.3 Å². The van der Waals surface area contributed by atoms with Crippen LogP contribution in [0.1, 0.15) is 10.5 Å². The van der Waals surface area contributed by atoms with Crippen molar-refractivity contribution in [3.8, 4) is 0 Å². The summed E-state index contributed by atoms with van der Waals surface area (Å²) in [4.78, 5) is 10.6. The van der Waals surface area contributed by atoms with Gasteiger partial charge in [-0.2, -0.15) is 0 Å². The third-order valence-corrected chi connectivity index (χ3v) is 3.95. The fourth-order valence-electron chi connectivity index (χ4n) is 1.27. The number of halogens is 3. The molecule has 0 aliphatic heterocycles. The Bertz CT molecular complexity index is 635. The van der Waals surface area contributed by atoms with E-state index in [1.165, 1.54) is 12.1 Å². The standard InChI is InChI=1S/C11H6BrCl2N3O2/c12-5-1-2-6(10(14)9(5)13)15-8-4-3-7(11(18)19)16-17-8/h1-4H,(H,15,17)(H,18,19). The molecule has 19 heavy (non-hydrogen) atoms. The number of aromatic carboxylic acids is 1. The van der Waals surface area contributed by atoms with Gasteiger partial charge in [-0.3, -0.25) is 0 Å². The molecule has 1 heterocycles. The van der Waals surface area contributed by atoms with Crippen molar-refractivity contribution in [2.24, 2.45) is 0 Å². The van der Waals surface area contributed by atoms with Gasteiger partial charge in [0.25, 0.3) is 0 Å². The fraction of sp³-hybridized carbons (Fsp3) is 0. The summed E-state index contributed by atoms with van der Waals surface area (Å²) in [6.07, 6.45) is 0. The molecule has 8 heteroatoms. The van der Waals surface area contributed by atoms with Gasteiger partial charge in [-0.25, -0.2) is 4.79 Å². The van der Waals surface area contributed by atoms with Gasteiger partial charge in [0.2, 0.25) is 0 Å². The van der Waals surface area contributed by atoms with Gasteiger partial charge in [0.05, 0.1) is 15.7 Å². The van der Waals surface area contributed by atoms with Crippen LogP contribution in [-0.2, 0) is 0 Å². The molecule has 0 aliphatic rings.